The lowest BCUT2D eigenvalue weighted by molar-refractivity contribution is 0.427. The Balaban J connectivity index is 1.75. The molecule has 2 unspecified atom stereocenters. The summed E-state index contributed by atoms with van der Waals surface area (Å²) in [6.07, 6.45) is 3.28. The lowest BCUT2D eigenvalue weighted by Crippen LogP contribution is -2.27. The standard InChI is InChI=1S/C19H22FN/c1-2-10-21-19(15-7-5-8-17(20)12-15)13-16-11-14-6-3-4-9-18(14)16/h3-9,12,16,19,21H,2,10-11,13H2,1H3. The van der Waals surface area contributed by atoms with E-state index in [0.29, 0.717) is 5.92 Å². The van der Waals surface area contributed by atoms with Crippen LogP contribution in [0.25, 0.3) is 0 Å². The van der Waals surface area contributed by atoms with Crippen LogP contribution in [0.5, 0.6) is 0 Å². The van der Waals surface area contributed by atoms with E-state index >= 15 is 0 Å². The number of hydrogen-bond acceptors (Lipinski definition) is 1. The van der Waals surface area contributed by atoms with Crippen LogP contribution in [0, 0.1) is 5.82 Å². The smallest absolute Gasteiger partial charge is 0.123 e. The molecule has 0 radical (unpaired) electrons. The Morgan fingerprint density at radius 2 is 2.05 bits per heavy atom. The van der Waals surface area contributed by atoms with Gasteiger partial charge in [0.25, 0.3) is 0 Å². The molecule has 0 aromatic heterocycles. The number of rotatable bonds is 6. The van der Waals surface area contributed by atoms with Gasteiger partial charge in [-0.2, -0.15) is 0 Å². The van der Waals surface area contributed by atoms with Gasteiger partial charge in [-0.25, -0.2) is 4.39 Å². The number of fused-ring (bicyclic) bond motifs is 1. The normalized spacial score (nSPS) is 17.9. The fourth-order valence-corrected chi connectivity index (χ4v) is 3.24. The zero-order valence-corrected chi connectivity index (χ0v) is 12.5. The first kappa shape index (κ1) is 14.3. The van der Waals surface area contributed by atoms with Gasteiger partial charge in [0, 0.05) is 6.04 Å². The molecule has 1 nitrogen and oxygen atoms in total. The maximum Gasteiger partial charge on any atom is 0.123 e. The van der Waals surface area contributed by atoms with Crippen molar-refractivity contribution in [3.63, 3.8) is 0 Å². The summed E-state index contributed by atoms with van der Waals surface area (Å²) in [6.45, 7) is 3.13. The monoisotopic (exact) mass is 283 g/mol. The van der Waals surface area contributed by atoms with Crippen molar-refractivity contribution in [1.29, 1.82) is 0 Å². The summed E-state index contributed by atoms with van der Waals surface area (Å²) in [5.74, 6) is 0.448. The van der Waals surface area contributed by atoms with Crippen molar-refractivity contribution in [3.05, 3.63) is 71.0 Å². The molecule has 21 heavy (non-hydrogen) atoms. The predicted molar refractivity (Wildman–Crippen MR) is 84.9 cm³/mol. The van der Waals surface area contributed by atoms with Crippen LogP contribution in [0.3, 0.4) is 0 Å². The van der Waals surface area contributed by atoms with Crippen molar-refractivity contribution < 1.29 is 4.39 Å². The van der Waals surface area contributed by atoms with Gasteiger partial charge in [-0.15, -0.1) is 0 Å². The third-order valence-corrected chi connectivity index (χ3v) is 4.37. The van der Waals surface area contributed by atoms with Crippen LogP contribution in [0.4, 0.5) is 4.39 Å². The van der Waals surface area contributed by atoms with Gasteiger partial charge in [-0.05, 0) is 60.5 Å². The van der Waals surface area contributed by atoms with E-state index in [1.807, 2.05) is 6.07 Å². The van der Waals surface area contributed by atoms with E-state index in [2.05, 4.69) is 36.5 Å². The molecule has 0 heterocycles. The van der Waals surface area contributed by atoms with Crippen LogP contribution in [-0.4, -0.2) is 6.54 Å². The van der Waals surface area contributed by atoms with Gasteiger partial charge >= 0.3 is 0 Å². The van der Waals surface area contributed by atoms with Crippen molar-refractivity contribution in [2.45, 2.75) is 38.1 Å². The van der Waals surface area contributed by atoms with Crippen molar-refractivity contribution in [2.75, 3.05) is 6.54 Å². The van der Waals surface area contributed by atoms with Crippen LogP contribution >= 0.6 is 0 Å². The number of hydrogen-bond donors (Lipinski definition) is 1. The average Bonchev–Trinajstić information content (AvgIpc) is 2.48. The van der Waals surface area contributed by atoms with Crippen LogP contribution in [-0.2, 0) is 6.42 Å². The fraction of sp³-hybridized carbons (Fsp3) is 0.368. The van der Waals surface area contributed by atoms with E-state index in [1.165, 1.54) is 17.2 Å². The number of halogens is 1. The topological polar surface area (TPSA) is 12.0 Å². The molecule has 2 atom stereocenters. The summed E-state index contributed by atoms with van der Waals surface area (Å²) in [6, 6.07) is 15.9. The number of benzene rings is 2. The van der Waals surface area contributed by atoms with Gasteiger partial charge in [-0.1, -0.05) is 43.3 Å². The zero-order chi connectivity index (χ0) is 14.7. The molecule has 2 heteroatoms. The van der Waals surface area contributed by atoms with Gasteiger partial charge in [0.2, 0.25) is 0 Å². The highest BCUT2D eigenvalue weighted by Crippen LogP contribution is 2.40. The molecule has 0 saturated heterocycles. The third-order valence-electron chi connectivity index (χ3n) is 4.37. The highest BCUT2D eigenvalue weighted by Gasteiger charge is 2.28. The van der Waals surface area contributed by atoms with Gasteiger partial charge in [0.15, 0.2) is 0 Å². The van der Waals surface area contributed by atoms with E-state index in [1.54, 1.807) is 12.1 Å². The van der Waals surface area contributed by atoms with Crippen molar-refractivity contribution in [2.24, 2.45) is 0 Å². The largest absolute Gasteiger partial charge is 0.310 e. The van der Waals surface area contributed by atoms with Crippen LogP contribution < -0.4 is 5.32 Å². The van der Waals surface area contributed by atoms with Gasteiger partial charge in [-0.3, -0.25) is 0 Å². The molecule has 1 aliphatic carbocycles. The van der Waals surface area contributed by atoms with Crippen molar-refractivity contribution >= 4 is 0 Å². The van der Waals surface area contributed by atoms with E-state index in [-0.39, 0.29) is 11.9 Å². The minimum Gasteiger partial charge on any atom is -0.310 e. The second-order valence-electron chi connectivity index (χ2n) is 5.90. The third kappa shape index (κ3) is 3.16. The Morgan fingerprint density at radius 1 is 1.19 bits per heavy atom. The van der Waals surface area contributed by atoms with Gasteiger partial charge < -0.3 is 5.32 Å². The van der Waals surface area contributed by atoms with Crippen LogP contribution in [0.1, 0.15) is 48.4 Å². The fourth-order valence-electron chi connectivity index (χ4n) is 3.24. The minimum atomic E-state index is -0.148. The summed E-state index contributed by atoms with van der Waals surface area (Å²) in [5.41, 5.74) is 4.00. The highest BCUT2D eigenvalue weighted by molar-refractivity contribution is 5.40. The quantitative estimate of drug-likeness (QED) is 0.817. The zero-order valence-electron chi connectivity index (χ0n) is 12.5. The minimum absolute atomic E-state index is 0.148. The van der Waals surface area contributed by atoms with Gasteiger partial charge in [0.05, 0.1) is 0 Å². The first-order chi connectivity index (χ1) is 10.3. The second-order valence-corrected chi connectivity index (χ2v) is 5.90. The molecule has 0 spiro atoms. The first-order valence-electron chi connectivity index (χ1n) is 7.84. The average molecular weight is 283 g/mol. The second kappa shape index (κ2) is 6.40. The SMILES string of the molecule is CCCNC(CC1Cc2ccccc21)c1cccc(F)c1. The van der Waals surface area contributed by atoms with E-state index in [9.17, 15) is 4.39 Å². The molecule has 0 amide bonds. The van der Waals surface area contributed by atoms with E-state index in [0.717, 1.165) is 31.4 Å². The Hall–Kier alpha value is -1.67. The molecule has 3 rings (SSSR count). The molecule has 1 aliphatic rings. The Labute approximate surface area is 126 Å². The maximum absolute atomic E-state index is 13.5. The van der Waals surface area contributed by atoms with Crippen molar-refractivity contribution in [1.82, 2.24) is 5.32 Å². The summed E-state index contributed by atoms with van der Waals surface area (Å²) < 4.78 is 13.5. The lowest BCUT2D eigenvalue weighted by Gasteiger charge is -2.33. The highest BCUT2D eigenvalue weighted by atomic mass is 19.1. The van der Waals surface area contributed by atoms with Crippen LogP contribution in [0.15, 0.2) is 48.5 Å². The summed E-state index contributed by atoms with van der Waals surface area (Å²) in [4.78, 5) is 0. The predicted octanol–water partition coefficient (Wildman–Crippen LogP) is 4.60. The Bertz CT molecular complexity index is 608. The lowest BCUT2D eigenvalue weighted by atomic mass is 9.74. The molecule has 0 fully saturated rings. The van der Waals surface area contributed by atoms with E-state index in [4.69, 9.17) is 0 Å². The van der Waals surface area contributed by atoms with Crippen LogP contribution in [0.2, 0.25) is 0 Å². The van der Waals surface area contributed by atoms with E-state index < -0.39 is 0 Å². The van der Waals surface area contributed by atoms with Gasteiger partial charge in [0.1, 0.15) is 5.82 Å². The summed E-state index contributed by atoms with van der Waals surface area (Å²) in [5, 5.41) is 3.58. The molecule has 0 bridgehead atoms. The number of nitrogens with one attached hydrogen (secondary N) is 1. The first-order valence-corrected chi connectivity index (χ1v) is 7.84. The molecule has 1 N–H and O–H groups in total. The molecule has 2 aromatic carbocycles. The Kier molecular flexibility index (Phi) is 4.35. The summed E-state index contributed by atoms with van der Waals surface area (Å²) in [7, 11) is 0. The molecular weight excluding hydrogens is 261 g/mol. The van der Waals surface area contributed by atoms with Crippen molar-refractivity contribution in [3.8, 4) is 0 Å². The maximum atomic E-state index is 13.5. The molecular formula is C19H22FN. The molecule has 0 aliphatic heterocycles. The molecule has 110 valence electrons. The molecule has 0 saturated carbocycles. The molecule has 2 aromatic rings. The Morgan fingerprint density at radius 3 is 2.81 bits per heavy atom. The summed E-state index contributed by atoms with van der Waals surface area (Å²) >= 11 is 0.